The number of aliphatic carboxylic acids is 1. The maximum absolute atomic E-state index is 11.5. The summed E-state index contributed by atoms with van der Waals surface area (Å²) in [6, 6.07) is 1.64. The molecule has 6 heteroatoms. The Morgan fingerprint density at radius 1 is 1.62 bits per heavy atom. The van der Waals surface area contributed by atoms with Crippen molar-refractivity contribution in [2.45, 2.75) is 18.3 Å². The van der Waals surface area contributed by atoms with Crippen LogP contribution in [-0.4, -0.2) is 34.1 Å². The largest absolute Gasteiger partial charge is 0.481 e. The van der Waals surface area contributed by atoms with Gasteiger partial charge in [0.2, 0.25) is 0 Å². The third-order valence-corrected chi connectivity index (χ3v) is 3.16. The number of carboxylic acids is 1. The first-order valence-corrected chi connectivity index (χ1v) is 5.17. The average Bonchev–Trinajstić information content (AvgIpc) is 2.60. The van der Waals surface area contributed by atoms with Crippen LogP contribution < -0.4 is 5.73 Å². The summed E-state index contributed by atoms with van der Waals surface area (Å²) in [7, 11) is 1.70. The lowest BCUT2D eigenvalue weighted by molar-refractivity contribution is -0.148. The van der Waals surface area contributed by atoms with Crippen molar-refractivity contribution in [1.82, 2.24) is 9.78 Å². The summed E-state index contributed by atoms with van der Waals surface area (Å²) >= 11 is 0. The van der Waals surface area contributed by atoms with Crippen molar-refractivity contribution in [3.8, 4) is 0 Å². The number of aryl methyl sites for hydroxylation is 1. The van der Waals surface area contributed by atoms with E-state index in [2.05, 4.69) is 5.10 Å². The number of ether oxygens (including phenoxy) is 1. The lowest BCUT2D eigenvalue weighted by Crippen LogP contribution is -2.41. The lowest BCUT2D eigenvalue weighted by atomic mass is 9.77. The molecule has 1 aliphatic rings. The topological polar surface area (TPSA) is 90.4 Å². The molecule has 0 unspecified atom stereocenters. The van der Waals surface area contributed by atoms with E-state index in [1.54, 1.807) is 13.1 Å². The molecule has 16 heavy (non-hydrogen) atoms. The van der Waals surface area contributed by atoms with Crippen molar-refractivity contribution in [2.24, 2.45) is 7.05 Å². The predicted octanol–water partition coefficient (Wildman–Crippen LogP) is 0.135. The molecule has 0 atom stereocenters. The number of nitrogens with zero attached hydrogens (tertiary/aromatic N) is 2. The number of carbonyl (C=O) groups is 1. The molecule has 0 radical (unpaired) electrons. The minimum atomic E-state index is -0.937. The van der Waals surface area contributed by atoms with E-state index in [4.69, 9.17) is 10.5 Å². The SMILES string of the molecule is Cn1nc(C2(C(=O)O)CCOCC2)cc1N. The molecule has 3 N–H and O–H groups in total. The van der Waals surface area contributed by atoms with Gasteiger partial charge >= 0.3 is 5.97 Å². The Bertz CT molecular complexity index is 388. The second-order valence-electron chi connectivity index (χ2n) is 4.08. The molecule has 2 rings (SSSR count). The first-order valence-electron chi connectivity index (χ1n) is 5.17. The average molecular weight is 225 g/mol. The van der Waals surface area contributed by atoms with Gasteiger partial charge < -0.3 is 15.6 Å². The summed E-state index contributed by atoms with van der Waals surface area (Å²) in [5.74, 6) is -0.379. The maximum Gasteiger partial charge on any atom is 0.315 e. The highest BCUT2D eigenvalue weighted by molar-refractivity contribution is 5.81. The second kappa shape index (κ2) is 3.79. The Labute approximate surface area is 93.0 Å². The van der Waals surface area contributed by atoms with Crippen molar-refractivity contribution in [1.29, 1.82) is 0 Å². The van der Waals surface area contributed by atoms with Crippen LogP contribution in [0, 0.1) is 0 Å². The molecule has 0 aliphatic carbocycles. The first-order chi connectivity index (χ1) is 7.56. The smallest absolute Gasteiger partial charge is 0.315 e. The standard InChI is InChI=1S/C10H15N3O3/c1-13-8(11)6-7(12-13)10(9(14)15)2-4-16-5-3-10/h6H,2-5,11H2,1H3,(H,14,15). The molecule has 1 aromatic heterocycles. The molecule has 88 valence electrons. The first kappa shape index (κ1) is 10.9. The van der Waals surface area contributed by atoms with E-state index in [1.807, 2.05) is 0 Å². The Morgan fingerprint density at radius 3 is 2.69 bits per heavy atom. The summed E-state index contributed by atoms with van der Waals surface area (Å²) in [4.78, 5) is 11.5. The van der Waals surface area contributed by atoms with E-state index in [1.165, 1.54) is 4.68 Å². The Morgan fingerprint density at radius 2 is 2.25 bits per heavy atom. The van der Waals surface area contributed by atoms with Crippen LogP contribution in [0.3, 0.4) is 0 Å². The van der Waals surface area contributed by atoms with Crippen LogP contribution >= 0.6 is 0 Å². The zero-order chi connectivity index (χ0) is 11.8. The molecule has 0 aromatic carbocycles. The minimum Gasteiger partial charge on any atom is -0.481 e. The fourth-order valence-electron chi connectivity index (χ4n) is 2.01. The lowest BCUT2D eigenvalue weighted by Gasteiger charge is -2.31. The summed E-state index contributed by atoms with van der Waals surface area (Å²) in [6.07, 6.45) is 0.886. The van der Waals surface area contributed by atoms with Crippen LogP contribution in [-0.2, 0) is 22.0 Å². The van der Waals surface area contributed by atoms with Crippen LogP contribution in [0.15, 0.2) is 6.07 Å². The molecular formula is C10H15N3O3. The number of nitrogens with two attached hydrogens (primary N) is 1. The van der Waals surface area contributed by atoms with Gasteiger partial charge in [0.15, 0.2) is 0 Å². The van der Waals surface area contributed by atoms with Crippen molar-refractivity contribution in [2.75, 3.05) is 18.9 Å². The summed E-state index contributed by atoms with van der Waals surface area (Å²) in [5.41, 5.74) is 5.28. The van der Waals surface area contributed by atoms with E-state index >= 15 is 0 Å². The van der Waals surface area contributed by atoms with Gasteiger partial charge in [-0.1, -0.05) is 0 Å². The molecular weight excluding hydrogens is 210 g/mol. The number of hydrogen-bond donors (Lipinski definition) is 2. The van der Waals surface area contributed by atoms with Crippen LogP contribution in [0.2, 0.25) is 0 Å². The summed E-state index contributed by atoms with van der Waals surface area (Å²) in [5, 5.41) is 13.6. The maximum atomic E-state index is 11.5. The van der Waals surface area contributed by atoms with E-state index in [0.29, 0.717) is 37.6 Å². The highest BCUT2D eigenvalue weighted by atomic mass is 16.5. The van der Waals surface area contributed by atoms with Crippen molar-refractivity contribution >= 4 is 11.8 Å². The van der Waals surface area contributed by atoms with Gasteiger partial charge in [-0.05, 0) is 12.8 Å². The fourth-order valence-corrected chi connectivity index (χ4v) is 2.01. The van der Waals surface area contributed by atoms with Gasteiger partial charge in [-0.25, -0.2) is 0 Å². The number of nitrogen functional groups attached to an aromatic ring is 1. The molecule has 2 heterocycles. The predicted molar refractivity (Wildman–Crippen MR) is 57.0 cm³/mol. The van der Waals surface area contributed by atoms with Crippen molar-refractivity contribution < 1.29 is 14.6 Å². The number of aromatic nitrogens is 2. The van der Waals surface area contributed by atoms with E-state index in [9.17, 15) is 9.90 Å². The molecule has 0 saturated carbocycles. The number of hydrogen-bond acceptors (Lipinski definition) is 4. The Hall–Kier alpha value is -1.56. The van der Waals surface area contributed by atoms with E-state index in [0.717, 1.165) is 0 Å². The van der Waals surface area contributed by atoms with Gasteiger partial charge in [0.05, 0.1) is 5.69 Å². The third kappa shape index (κ3) is 1.55. The van der Waals surface area contributed by atoms with Gasteiger partial charge in [-0.15, -0.1) is 0 Å². The second-order valence-corrected chi connectivity index (χ2v) is 4.08. The monoisotopic (exact) mass is 225 g/mol. The Kier molecular flexibility index (Phi) is 2.59. The van der Waals surface area contributed by atoms with E-state index in [-0.39, 0.29) is 0 Å². The molecule has 1 aromatic rings. The van der Waals surface area contributed by atoms with Gasteiger partial charge in [-0.3, -0.25) is 9.48 Å². The van der Waals surface area contributed by atoms with E-state index < -0.39 is 11.4 Å². The zero-order valence-corrected chi connectivity index (χ0v) is 9.14. The minimum absolute atomic E-state index is 0.443. The molecule has 1 fully saturated rings. The fraction of sp³-hybridized carbons (Fsp3) is 0.600. The highest BCUT2D eigenvalue weighted by Crippen LogP contribution is 2.34. The van der Waals surface area contributed by atoms with Crippen LogP contribution in [0.1, 0.15) is 18.5 Å². The third-order valence-electron chi connectivity index (χ3n) is 3.16. The molecule has 1 saturated heterocycles. The van der Waals surface area contributed by atoms with Crippen molar-refractivity contribution in [3.05, 3.63) is 11.8 Å². The molecule has 1 aliphatic heterocycles. The number of anilines is 1. The van der Waals surface area contributed by atoms with Gasteiger partial charge in [0.1, 0.15) is 11.2 Å². The van der Waals surface area contributed by atoms with Crippen LogP contribution in [0.25, 0.3) is 0 Å². The van der Waals surface area contributed by atoms with Gasteiger partial charge in [-0.2, -0.15) is 5.10 Å². The van der Waals surface area contributed by atoms with Crippen molar-refractivity contribution in [3.63, 3.8) is 0 Å². The van der Waals surface area contributed by atoms with Crippen LogP contribution in [0.4, 0.5) is 5.82 Å². The zero-order valence-electron chi connectivity index (χ0n) is 9.14. The molecule has 0 bridgehead atoms. The molecule has 0 amide bonds. The Balaban J connectivity index is 2.42. The molecule has 0 spiro atoms. The number of rotatable bonds is 2. The molecule has 6 nitrogen and oxygen atoms in total. The quantitative estimate of drug-likeness (QED) is 0.746. The highest BCUT2D eigenvalue weighted by Gasteiger charge is 2.44. The summed E-state index contributed by atoms with van der Waals surface area (Å²) < 4.78 is 6.70. The van der Waals surface area contributed by atoms with Gasteiger partial charge in [0.25, 0.3) is 0 Å². The summed E-state index contributed by atoms with van der Waals surface area (Å²) in [6.45, 7) is 0.894. The normalized spacial score (nSPS) is 19.6. The van der Waals surface area contributed by atoms with Gasteiger partial charge in [0, 0.05) is 26.3 Å². The number of carboxylic acid groups (broad SMARTS) is 1. The van der Waals surface area contributed by atoms with Crippen LogP contribution in [0.5, 0.6) is 0 Å².